The number of aryl methyl sites for hydroxylation is 1. The van der Waals surface area contributed by atoms with Crippen molar-refractivity contribution in [3.8, 4) is 5.75 Å². The van der Waals surface area contributed by atoms with E-state index in [1.54, 1.807) is 24.4 Å². The zero-order valence-electron chi connectivity index (χ0n) is 24.9. The Morgan fingerprint density at radius 3 is 2.65 bits per heavy atom. The number of hydrogen-bond acceptors (Lipinski definition) is 7. The average Bonchev–Trinajstić information content (AvgIpc) is 2.95. The van der Waals surface area contributed by atoms with Crippen LogP contribution in [0, 0.1) is 12.8 Å². The first kappa shape index (κ1) is 32.3. The lowest BCUT2D eigenvalue weighted by atomic mass is 10.0. The fourth-order valence-corrected chi connectivity index (χ4v) is 5.80. The van der Waals surface area contributed by atoms with Crippen molar-refractivity contribution in [1.29, 1.82) is 0 Å². The molecule has 0 spiro atoms. The van der Waals surface area contributed by atoms with Crippen LogP contribution in [0.1, 0.15) is 57.7 Å². The van der Waals surface area contributed by atoms with E-state index in [0.29, 0.717) is 45.2 Å². The van der Waals surface area contributed by atoms with Crippen molar-refractivity contribution in [2.45, 2.75) is 65.6 Å². The predicted molar refractivity (Wildman–Crippen MR) is 169 cm³/mol. The van der Waals surface area contributed by atoms with Crippen LogP contribution in [0.3, 0.4) is 0 Å². The Balaban J connectivity index is 1.79. The van der Waals surface area contributed by atoms with Crippen LogP contribution < -0.4 is 20.7 Å². The van der Waals surface area contributed by atoms with Crippen molar-refractivity contribution in [3.63, 3.8) is 0 Å². The Hall–Kier alpha value is -3.57. The summed E-state index contributed by atoms with van der Waals surface area (Å²) >= 11 is 1.47. The van der Waals surface area contributed by atoms with Gasteiger partial charge in [-0.3, -0.25) is 4.79 Å². The van der Waals surface area contributed by atoms with E-state index in [4.69, 9.17) is 9.72 Å². The third-order valence-electron chi connectivity index (χ3n) is 7.11. The second kappa shape index (κ2) is 14.3. The summed E-state index contributed by atoms with van der Waals surface area (Å²) in [5, 5.41) is 10.5. The maximum atomic E-state index is 12.9. The van der Waals surface area contributed by atoms with Gasteiger partial charge in [-0.25, -0.2) is 9.97 Å². The second-order valence-corrected chi connectivity index (χ2v) is 12.1. The van der Waals surface area contributed by atoms with Gasteiger partial charge in [-0.15, -0.1) is 0 Å². The van der Waals surface area contributed by atoms with E-state index in [1.807, 2.05) is 32.0 Å². The van der Waals surface area contributed by atoms with Gasteiger partial charge in [0.2, 0.25) is 11.9 Å². The summed E-state index contributed by atoms with van der Waals surface area (Å²) in [5.41, 5.74) is 1.66. The van der Waals surface area contributed by atoms with Gasteiger partial charge in [-0.1, -0.05) is 56.5 Å². The Labute approximate surface area is 254 Å². The number of ether oxygens (including phenoxy) is 1. The van der Waals surface area contributed by atoms with Gasteiger partial charge >= 0.3 is 6.18 Å². The molecule has 0 saturated carbocycles. The van der Waals surface area contributed by atoms with Gasteiger partial charge in [-0.05, 0) is 62.3 Å². The molecule has 2 atom stereocenters. The summed E-state index contributed by atoms with van der Waals surface area (Å²) in [6, 6.07) is 10.9. The molecule has 1 fully saturated rings. The number of thioether (sulfide) groups is 1. The van der Waals surface area contributed by atoms with Crippen LogP contribution in [-0.2, 0) is 4.79 Å². The highest BCUT2D eigenvalue weighted by atomic mass is 32.2. The maximum absolute atomic E-state index is 12.9. The van der Waals surface area contributed by atoms with Crippen LogP contribution in [0.25, 0.3) is 15.7 Å². The number of amides is 1. The fraction of sp³-hybridized carbons (Fsp3) is 0.406. The molecule has 1 saturated heterocycles. The van der Waals surface area contributed by atoms with Crippen molar-refractivity contribution in [2.75, 3.05) is 23.7 Å². The molecule has 1 aliphatic rings. The largest absolute Gasteiger partial charge is 0.459 e. The highest BCUT2D eigenvalue weighted by molar-refractivity contribution is 8.11. The summed E-state index contributed by atoms with van der Waals surface area (Å²) in [5.74, 6) is 0.653. The van der Waals surface area contributed by atoms with Crippen LogP contribution in [-0.4, -0.2) is 41.2 Å². The summed E-state index contributed by atoms with van der Waals surface area (Å²) in [4.78, 5) is 23.2. The lowest BCUT2D eigenvalue weighted by molar-refractivity contribution is -0.150. The first-order valence-electron chi connectivity index (χ1n) is 14.4. The average molecular weight is 614 g/mol. The molecule has 1 aliphatic heterocycles. The van der Waals surface area contributed by atoms with Crippen molar-refractivity contribution >= 4 is 45.0 Å². The van der Waals surface area contributed by atoms with E-state index in [0.717, 1.165) is 42.2 Å². The lowest BCUT2D eigenvalue weighted by Gasteiger charge is -2.25. The molecule has 0 bridgehead atoms. The van der Waals surface area contributed by atoms with E-state index >= 15 is 0 Å². The Kier molecular flexibility index (Phi) is 10.7. The van der Waals surface area contributed by atoms with Gasteiger partial charge in [0.25, 0.3) is 0 Å². The van der Waals surface area contributed by atoms with E-state index in [-0.39, 0.29) is 12.0 Å². The lowest BCUT2D eigenvalue weighted by Crippen LogP contribution is -2.38. The molecular formula is C32H38F3N5O2S. The number of fused-ring (bicyclic) bond motifs is 1. The zero-order valence-corrected chi connectivity index (χ0v) is 25.7. The molecule has 2 heterocycles. The minimum Gasteiger partial charge on any atom is -0.459 e. The van der Waals surface area contributed by atoms with Crippen molar-refractivity contribution in [1.82, 2.24) is 15.3 Å². The first-order valence-corrected chi connectivity index (χ1v) is 15.2. The topological polar surface area (TPSA) is 88.2 Å². The number of anilines is 2. The predicted octanol–water partition coefficient (Wildman–Crippen LogP) is 8.05. The van der Waals surface area contributed by atoms with Gasteiger partial charge in [0, 0.05) is 41.2 Å². The highest BCUT2D eigenvalue weighted by Gasteiger charge is 2.31. The number of rotatable bonds is 11. The minimum absolute atomic E-state index is 0.0138. The van der Waals surface area contributed by atoms with Crippen LogP contribution in [0.5, 0.6) is 5.75 Å². The van der Waals surface area contributed by atoms with Gasteiger partial charge < -0.3 is 20.7 Å². The molecule has 1 amide bonds. The number of benzene rings is 2. The van der Waals surface area contributed by atoms with Crippen molar-refractivity contribution in [2.24, 2.45) is 5.92 Å². The molecular weight excluding hydrogens is 575 g/mol. The molecule has 2 unspecified atom stereocenters. The number of halogens is 3. The summed E-state index contributed by atoms with van der Waals surface area (Å²) in [6.07, 6.45) is -1.54. The molecule has 43 heavy (non-hydrogen) atoms. The molecule has 7 nitrogen and oxygen atoms in total. The molecule has 3 aromatic rings. The number of carbonyl (C=O) groups is 1. The Morgan fingerprint density at radius 2 is 2.00 bits per heavy atom. The number of alkyl halides is 3. The van der Waals surface area contributed by atoms with Gasteiger partial charge in [0.05, 0.1) is 10.6 Å². The molecule has 2 aromatic carbocycles. The number of nitrogens with one attached hydrogen (secondary N) is 3. The van der Waals surface area contributed by atoms with Crippen LogP contribution in [0.2, 0.25) is 0 Å². The van der Waals surface area contributed by atoms with E-state index in [9.17, 15) is 18.0 Å². The molecule has 0 aliphatic carbocycles. The van der Waals surface area contributed by atoms with E-state index in [2.05, 4.69) is 41.4 Å². The zero-order chi connectivity index (χ0) is 31.1. The number of piperidine rings is 1. The normalized spacial score (nSPS) is 16.8. The maximum Gasteiger partial charge on any atom is 0.397 e. The Morgan fingerprint density at radius 1 is 1.26 bits per heavy atom. The van der Waals surface area contributed by atoms with Gasteiger partial charge in [0.15, 0.2) is 0 Å². The number of nitrogens with zero attached hydrogens (tertiary/aromatic N) is 2. The van der Waals surface area contributed by atoms with E-state index < -0.39 is 18.5 Å². The smallest absolute Gasteiger partial charge is 0.397 e. The number of aromatic nitrogens is 2. The third-order valence-corrected chi connectivity index (χ3v) is 8.07. The van der Waals surface area contributed by atoms with Crippen molar-refractivity contribution in [3.05, 3.63) is 71.1 Å². The molecule has 230 valence electrons. The van der Waals surface area contributed by atoms with Crippen LogP contribution in [0.4, 0.5) is 24.8 Å². The summed E-state index contributed by atoms with van der Waals surface area (Å²) in [6.45, 7) is 13.9. The third kappa shape index (κ3) is 8.73. The molecule has 1 aromatic heterocycles. The Bertz CT molecular complexity index is 1500. The second-order valence-electron chi connectivity index (χ2n) is 10.8. The number of hydrogen-bond donors (Lipinski definition) is 3. The van der Waals surface area contributed by atoms with Gasteiger partial charge in [0.1, 0.15) is 17.9 Å². The SMILES string of the molecule is C=C(C)S/C(=C(/Oc1c(C)cc(NC(=O)CC(F)(F)F)c2ccccc12)C(C)CC)c1ccnc(NC2CCCNC2)n1. The van der Waals surface area contributed by atoms with Gasteiger partial charge in [-0.2, -0.15) is 13.2 Å². The standard InChI is InChI=1S/C32H38F3N5O2S/c1-6-20(4)29(30(43-19(2)3)25-13-15-37-31(40-25)38-22-10-9-14-36-18-22)42-28-21(5)16-26(23-11-7-8-12-24(23)28)39-27(41)17-32(33,34)35/h7-8,11-13,15-16,20,22,36H,2,6,9-10,14,17-18H2,1,3-5H3,(H,39,41)(H,37,38,40)/b30-29+. The van der Waals surface area contributed by atoms with Crippen LogP contribution >= 0.6 is 11.8 Å². The highest BCUT2D eigenvalue weighted by Crippen LogP contribution is 2.42. The van der Waals surface area contributed by atoms with Crippen LogP contribution in [0.15, 0.2) is 59.8 Å². The quantitative estimate of drug-likeness (QED) is 0.189. The van der Waals surface area contributed by atoms with E-state index in [1.165, 1.54) is 11.8 Å². The van der Waals surface area contributed by atoms with Crippen molar-refractivity contribution < 1.29 is 22.7 Å². The summed E-state index contributed by atoms with van der Waals surface area (Å²) in [7, 11) is 0. The molecule has 0 radical (unpaired) electrons. The number of allylic oxidation sites excluding steroid dienone is 2. The fourth-order valence-electron chi connectivity index (χ4n) is 4.88. The first-order chi connectivity index (χ1) is 20.4. The molecule has 11 heteroatoms. The molecule has 3 N–H and O–H groups in total. The molecule has 4 rings (SSSR count). The summed E-state index contributed by atoms with van der Waals surface area (Å²) < 4.78 is 45.4. The number of carbonyl (C=O) groups excluding carboxylic acids is 1. The minimum atomic E-state index is -4.60. The monoisotopic (exact) mass is 613 g/mol.